The van der Waals surface area contributed by atoms with Crippen LogP contribution in [0.2, 0.25) is 0 Å². The molecule has 0 spiro atoms. The number of aliphatic hydroxyl groups is 1. The molecule has 1 fully saturated rings. The zero-order chi connectivity index (χ0) is 17.1. The minimum absolute atomic E-state index is 0.114. The molecule has 0 amide bonds. The summed E-state index contributed by atoms with van der Waals surface area (Å²) in [6.45, 7) is 3.25. The monoisotopic (exact) mass is 343 g/mol. The van der Waals surface area contributed by atoms with Crippen molar-refractivity contribution in [3.8, 4) is 11.7 Å². The topological polar surface area (TPSA) is 93.3 Å². The molecule has 4 rings (SSSR count). The van der Waals surface area contributed by atoms with Gasteiger partial charge in [0.15, 0.2) is 5.76 Å². The summed E-state index contributed by atoms with van der Waals surface area (Å²) in [4.78, 5) is 2.32. The van der Waals surface area contributed by atoms with Crippen LogP contribution in [-0.2, 0) is 13.1 Å². The van der Waals surface area contributed by atoms with Gasteiger partial charge >= 0.3 is 0 Å². The number of nitrogens with zero attached hydrogens (tertiary/aromatic N) is 5. The van der Waals surface area contributed by atoms with Crippen LogP contribution in [0.4, 0.5) is 0 Å². The van der Waals surface area contributed by atoms with E-state index in [0.29, 0.717) is 36.5 Å². The van der Waals surface area contributed by atoms with Gasteiger partial charge in [0.25, 0.3) is 5.89 Å². The van der Waals surface area contributed by atoms with Gasteiger partial charge in [0.1, 0.15) is 0 Å². The van der Waals surface area contributed by atoms with Crippen LogP contribution in [0.15, 0.2) is 39.5 Å². The highest BCUT2D eigenvalue weighted by Crippen LogP contribution is 2.28. The highest BCUT2D eigenvalue weighted by molar-refractivity contribution is 5.42. The number of hydrogen-bond donors (Lipinski definition) is 1. The molecule has 25 heavy (non-hydrogen) atoms. The SMILES string of the molecule is OCCn1nccc1C1CCN(Cc2nnc(-c3ccco3)o2)CC1. The number of piperidine rings is 1. The molecule has 0 radical (unpaired) electrons. The van der Waals surface area contributed by atoms with Crippen LogP contribution >= 0.6 is 0 Å². The largest absolute Gasteiger partial charge is 0.459 e. The number of hydrogen-bond acceptors (Lipinski definition) is 7. The fraction of sp³-hybridized carbons (Fsp3) is 0.471. The van der Waals surface area contributed by atoms with Crippen LogP contribution in [0, 0.1) is 0 Å². The smallest absolute Gasteiger partial charge is 0.283 e. The van der Waals surface area contributed by atoms with Crippen LogP contribution in [0.1, 0.15) is 30.3 Å². The zero-order valence-corrected chi connectivity index (χ0v) is 13.9. The minimum Gasteiger partial charge on any atom is -0.459 e. The molecule has 0 bridgehead atoms. The zero-order valence-electron chi connectivity index (χ0n) is 13.9. The molecular weight excluding hydrogens is 322 g/mol. The molecule has 1 aliphatic rings. The van der Waals surface area contributed by atoms with Gasteiger partial charge in [-0.05, 0) is 44.1 Å². The van der Waals surface area contributed by atoms with E-state index in [-0.39, 0.29) is 6.61 Å². The second kappa shape index (κ2) is 7.20. The molecule has 3 aromatic rings. The fourth-order valence-electron chi connectivity index (χ4n) is 3.37. The Kier molecular flexibility index (Phi) is 4.62. The van der Waals surface area contributed by atoms with Crippen molar-refractivity contribution >= 4 is 0 Å². The van der Waals surface area contributed by atoms with Crippen molar-refractivity contribution in [3.63, 3.8) is 0 Å². The molecule has 4 heterocycles. The van der Waals surface area contributed by atoms with Gasteiger partial charge in [-0.25, -0.2) is 0 Å². The van der Waals surface area contributed by atoms with Crippen molar-refractivity contribution in [2.75, 3.05) is 19.7 Å². The molecule has 1 N–H and O–H groups in total. The van der Waals surface area contributed by atoms with Crippen molar-refractivity contribution in [1.29, 1.82) is 0 Å². The van der Waals surface area contributed by atoms with Gasteiger partial charge in [-0.2, -0.15) is 5.10 Å². The van der Waals surface area contributed by atoms with E-state index in [2.05, 4.69) is 26.3 Å². The summed E-state index contributed by atoms with van der Waals surface area (Å²) >= 11 is 0. The van der Waals surface area contributed by atoms with Crippen LogP contribution in [-0.4, -0.2) is 49.7 Å². The molecule has 1 aliphatic heterocycles. The second-order valence-corrected chi connectivity index (χ2v) is 6.23. The van der Waals surface area contributed by atoms with Crippen LogP contribution in [0.3, 0.4) is 0 Å². The second-order valence-electron chi connectivity index (χ2n) is 6.23. The first-order valence-corrected chi connectivity index (χ1v) is 8.54. The summed E-state index contributed by atoms with van der Waals surface area (Å²) in [5.74, 6) is 2.10. The summed E-state index contributed by atoms with van der Waals surface area (Å²) in [5.41, 5.74) is 1.21. The predicted octanol–water partition coefficient (Wildman–Crippen LogP) is 1.90. The Balaban J connectivity index is 1.34. The normalized spacial score (nSPS) is 16.5. The first kappa shape index (κ1) is 16.0. The highest BCUT2D eigenvalue weighted by atomic mass is 16.4. The molecule has 3 aromatic heterocycles. The summed E-state index contributed by atoms with van der Waals surface area (Å²) in [5, 5.41) is 21.6. The maximum absolute atomic E-state index is 9.14. The first-order valence-electron chi connectivity index (χ1n) is 8.54. The summed E-state index contributed by atoms with van der Waals surface area (Å²) in [6, 6.07) is 5.66. The van der Waals surface area contributed by atoms with Crippen LogP contribution in [0.5, 0.6) is 0 Å². The highest BCUT2D eigenvalue weighted by Gasteiger charge is 2.24. The third-order valence-electron chi connectivity index (χ3n) is 4.62. The predicted molar refractivity (Wildman–Crippen MR) is 88.6 cm³/mol. The maximum atomic E-state index is 9.14. The van der Waals surface area contributed by atoms with Crippen molar-refractivity contribution < 1.29 is 13.9 Å². The molecule has 0 saturated carbocycles. The Morgan fingerprint density at radius 2 is 2.08 bits per heavy atom. The minimum atomic E-state index is 0.114. The van der Waals surface area contributed by atoms with E-state index in [4.69, 9.17) is 13.9 Å². The lowest BCUT2D eigenvalue weighted by Gasteiger charge is -2.31. The molecule has 0 atom stereocenters. The number of aliphatic hydroxyl groups excluding tert-OH is 1. The molecule has 0 aliphatic carbocycles. The lowest BCUT2D eigenvalue weighted by Crippen LogP contribution is -2.33. The number of aromatic nitrogens is 4. The Bertz CT molecular complexity index is 787. The number of likely N-dealkylation sites (tertiary alicyclic amines) is 1. The summed E-state index contributed by atoms with van der Waals surface area (Å²) in [7, 11) is 0. The van der Waals surface area contributed by atoms with Gasteiger partial charge in [0.2, 0.25) is 5.89 Å². The van der Waals surface area contributed by atoms with E-state index in [1.807, 2.05) is 10.9 Å². The van der Waals surface area contributed by atoms with Crippen LogP contribution in [0.25, 0.3) is 11.7 Å². The number of rotatable bonds is 6. The maximum Gasteiger partial charge on any atom is 0.283 e. The van der Waals surface area contributed by atoms with E-state index >= 15 is 0 Å². The average Bonchev–Trinajstić information content (AvgIpc) is 3.37. The first-order chi connectivity index (χ1) is 12.3. The molecule has 8 nitrogen and oxygen atoms in total. The molecule has 0 aromatic carbocycles. The summed E-state index contributed by atoms with van der Waals surface area (Å²) < 4.78 is 12.9. The number of furan rings is 1. The van der Waals surface area contributed by atoms with E-state index < -0.39 is 0 Å². The van der Waals surface area contributed by atoms with E-state index in [1.54, 1.807) is 18.4 Å². The fourth-order valence-corrected chi connectivity index (χ4v) is 3.37. The van der Waals surface area contributed by atoms with E-state index in [9.17, 15) is 0 Å². The van der Waals surface area contributed by atoms with Crippen molar-refractivity contribution in [2.24, 2.45) is 0 Å². The van der Waals surface area contributed by atoms with Gasteiger partial charge in [0, 0.05) is 17.8 Å². The molecular formula is C17H21N5O3. The van der Waals surface area contributed by atoms with Crippen molar-refractivity contribution in [3.05, 3.63) is 42.2 Å². The quantitative estimate of drug-likeness (QED) is 0.730. The summed E-state index contributed by atoms with van der Waals surface area (Å²) in [6.07, 6.45) is 5.50. The van der Waals surface area contributed by atoms with E-state index in [0.717, 1.165) is 25.9 Å². The Morgan fingerprint density at radius 3 is 2.84 bits per heavy atom. The lowest BCUT2D eigenvalue weighted by molar-refractivity contribution is 0.183. The van der Waals surface area contributed by atoms with Crippen LogP contribution < -0.4 is 0 Å². The Morgan fingerprint density at radius 1 is 1.20 bits per heavy atom. The van der Waals surface area contributed by atoms with Gasteiger partial charge < -0.3 is 13.9 Å². The molecule has 0 unspecified atom stereocenters. The average molecular weight is 343 g/mol. The van der Waals surface area contributed by atoms with Gasteiger partial charge in [-0.1, -0.05) is 0 Å². The van der Waals surface area contributed by atoms with Crippen molar-refractivity contribution in [2.45, 2.75) is 31.8 Å². The van der Waals surface area contributed by atoms with Gasteiger partial charge in [-0.15, -0.1) is 10.2 Å². The molecule has 132 valence electrons. The lowest BCUT2D eigenvalue weighted by atomic mass is 9.93. The standard InChI is InChI=1S/C17H21N5O3/c23-10-9-22-14(3-6-18-22)13-4-7-21(8-5-13)12-16-19-20-17(25-16)15-2-1-11-24-15/h1-3,6,11,13,23H,4-5,7-10,12H2. The third-order valence-corrected chi connectivity index (χ3v) is 4.62. The van der Waals surface area contributed by atoms with Gasteiger partial charge in [-0.3, -0.25) is 9.58 Å². The Labute approximate surface area is 145 Å². The van der Waals surface area contributed by atoms with Gasteiger partial charge in [0.05, 0.1) is 26.0 Å². The van der Waals surface area contributed by atoms with E-state index in [1.165, 1.54) is 5.69 Å². The molecule has 8 heteroatoms. The van der Waals surface area contributed by atoms with Crippen molar-refractivity contribution in [1.82, 2.24) is 24.9 Å². The molecule has 1 saturated heterocycles. The third kappa shape index (κ3) is 3.49. The Hall–Kier alpha value is -2.45.